The van der Waals surface area contributed by atoms with Crippen molar-refractivity contribution < 1.29 is 30.3 Å². The molecule has 0 aliphatic carbocycles. The first-order valence-corrected chi connectivity index (χ1v) is 7.54. The lowest BCUT2D eigenvalue weighted by Gasteiger charge is -2.26. The number of hydrogen-bond donors (Lipinski definition) is 6. The Morgan fingerprint density at radius 3 is 2.26 bits per heavy atom. The van der Waals surface area contributed by atoms with Crippen molar-refractivity contribution in [1.29, 1.82) is 0 Å². The molecule has 1 rings (SSSR count). The molecule has 7 heteroatoms. The van der Waals surface area contributed by atoms with Crippen molar-refractivity contribution in [2.75, 3.05) is 6.61 Å². The molecule has 5 atom stereocenters. The predicted octanol–water partition coefficient (Wildman–Crippen LogP) is -1.44. The molecule has 7 nitrogen and oxygen atoms in total. The van der Waals surface area contributed by atoms with Crippen molar-refractivity contribution in [1.82, 2.24) is 5.32 Å². The van der Waals surface area contributed by atoms with Crippen molar-refractivity contribution in [3.8, 4) is 0 Å². The molecule has 0 spiro atoms. The Bertz CT molecular complexity index is 469. The largest absolute Gasteiger partial charge is 0.396 e. The van der Waals surface area contributed by atoms with Gasteiger partial charge in [0.15, 0.2) is 6.10 Å². The molecular formula is C16H25NO6. The lowest BCUT2D eigenvalue weighted by atomic mass is 10.00. The standard InChI is InChI=1S/C16H25NO6/c1-10(9-11-5-3-2-4-6-11)17-16(23)15(22)14(21)13(20)12(19)7-8-18/h2-6,10,12-15,18-22H,7-9H2,1H3,(H,17,23). The van der Waals surface area contributed by atoms with Crippen molar-refractivity contribution in [2.45, 2.75) is 50.2 Å². The van der Waals surface area contributed by atoms with E-state index >= 15 is 0 Å². The number of nitrogens with one attached hydrogen (secondary N) is 1. The Hall–Kier alpha value is -1.51. The number of aliphatic hydroxyl groups excluding tert-OH is 5. The van der Waals surface area contributed by atoms with Gasteiger partial charge in [-0.2, -0.15) is 0 Å². The van der Waals surface area contributed by atoms with Crippen LogP contribution in [0.3, 0.4) is 0 Å². The molecule has 6 N–H and O–H groups in total. The number of carbonyl (C=O) groups excluding carboxylic acids is 1. The summed E-state index contributed by atoms with van der Waals surface area (Å²) in [6.07, 6.45) is -6.51. The fourth-order valence-corrected chi connectivity index (χ4v) is 2.22. The monoisotopic (exact) mass is 327 g/mol. The molecule has 0 fully saturated rings. The van der Waals surface area contributed by atoms with Crippen LogP contribution in [0.4, 0.5) is 0 Å². The van der Waals surface area contributed by atoms with E-state index in [1.807, 2.05) is 30.3 Å². The molecule has 5 unspecified atom stereocenters. The minimum Gasteiger partial charge on any atom is -0.396 e. The van der Waals surface area contributed by atoms with Crippen LogP contribution in [0.2, 0.25) is 0 Å². The molecule has 130 valence electrons. The highest BCUT2D eigenvalue weighted by Crippen LogP contribution is 2.09. The number of hydrogen-bond acceptors (Lipinski definition) is 6. The normalized spacial score (nSPS) is 17.8. The van der Waals surface area contributed by atoms with Gasteiger partial charge in [0.1, 0.15) is 12.2 Å². The van der Waals surface area contributed by atoms with Gasteiger partial charge in [-0.3, -0.25) is 4.79 Å². The van der Waals surface area contributed by atoms with E-state index in [-0.39, 0.29) is 19.1 Å². The molecule has 0 radical (unpaired) electrons. The maximum absolute atomic E-state index is 11.9. The third-order valence-electron chi connectivity index (χ3n) is 3.53. The van der Waals surface area contributed by atoms with Crippen LogP contribution in [0.5, 0.6) is 0 Å². The molecule has 1 aromatic carbocycles. The Morgan fingerprint density at radius 1 is 1.09 bits per heavy atom. The van der Waals surface area contributed by atoms with E-state index in [2.05, 4.69) is 5.32 Å². The minimum absolute atomic E-state index is 0.170. The van der Waals surface area contributed by atoms with E-state index in [1.54, 1.807) is 6.92 Å². The number of benzene rings is 1. The van der Waals surface area contributed by atoms with Gasteiger partial charge in [0.2, 0.25) is 0 Å². The van der Waals surface area contributed by atoms with Crippen molar-refractivity contribution in [3.63, 3.8) is 0 Å². The Labute approximate surface area is 135 Å². The van der Waals surface area contributed by atoms with Gasteiger partial charge in [-0.15, -0.1) is 0 Å². The van der Waals surface area contributed by atoms with Gasteiger partial charge in [-0.05, 0) is 25.3 Å². The summed E-state index contributed by atoms with van der Waals surface area (Å²) >= 11 is 0. The van der Waals surface area contributed by atoms with Crippen LogP contribution in [0.25, 0.3) is 0 Å². The maximum atomic E-state index is 11.9. The zero-order chi connectivity index (χ0) is 17.4. The summed E-state index contributed by atoms with van der Waals surface area (Å²) in [6, 6.07) is 9.16. The zero-order valence-electron chi connectivity index (χ0n) is 13.0. The molecule has 0 heterocycles. The Kier molecular flexibility index (Phi) is 8.15. The molecule has 0 saturated heterocycles. The van der Waals surface area contributed by atoms with E-state index < -0.39 is 30.3 Å². The minimum atomic E-state index is -1.88. The van der Waals surface area contributed by atoms with E-state index in [0.717, 1.165) is 5.56 Å². The highest BCUT2D eigenvalue weighted by molar-refractivity contribution is 5.81. The van der Waals surface area contributed by atoms with Gasteiger partial charge in [0, 0.05) is 12.6 Å². The van der Waals surface area contributed by atoms with Crippen molar-refractivity contribution >= 4 is 5.91 Å². The van der Waals surface area contributed by atoms with Gasteiger partial charge in [-0.25, -0.2) is 0 Å². The highest BCUT2D eigenvalue weighted by atomic mass is 16.4. The van der Waals surface area contributed by atoms with Gasteiger partial charge in [0.25, 0.3) is 5.91 Å². The summed E-state index contributed by atoms with van der Waals surface area (Å²) in [4.78, 5) is 11.9. The van der Waals surface area contributed by atoms with Crippen molar-refractivity contribution in [3.05, 3.63) is 35.9 Å². The number of rotatable bonds is 9. The summed E-state index contributed by atoms with van der Waals surface area (Å²) < 4.78 is 0. The van der Waals surface area contributed by atoms with Crippen LogP contribution in [-0.4, -0.2) is 68.5 Å². The third kappa shape index (κ3) is 6.25. The molecule has 0 saturated carbocycles. The Morgan fingerprint density at radius 2 is 1.70 bits per heavy atom. The molecule has 1 amide bonds. The molecular weight excluding hydrogens is 302 g/mol. The van der Waals surface area contributed by atoms with Crippen LogP contribution >= 0.6 is 0 Å². The first-order valence-electron chi connectivity index (χ1n) is 7.54. The van der Waals surface area contributed by atoms with E-state index in [4.69, 9.17) is 5.11 Å². The second kappa shape index (κ2) is 9.59. The lowest BCUT2D eigenvalue weighted by molar-refractivity contribution is -0.148. The van der Waals surface area contributed by atoms with Gasteiger partial charge in [-0.1, -0.05) is 30.3 Å². The predicted molar refractivity (Wildman–Crippen MR) is 83.5 cm³/mol. The smallest absolute Gasteiger partial charge is 0.251 e. The summed E-state index contributed by atoms with van der Waals surface area (Å²) in [6.45, 7) is 1.36. The van der Waals surface area contributed by atoms with E-state index in [0.29, 0.717) is 6.42 Å². The van der Waals surface area contributed by atoms with Crippen LogP contribution in [0.1, 0.15) is 18.9 Å². The summed E-state index contributed by atoms with van der Waals surface area (Å²) in [5.41, 5.74) is 1.01. The molecule has 1 aromatic rings. The molecule has 0 aromatic heterocycles. The number of aliphatic hydroxyl groups is 5. The highest BCUT2D eigenvalue weighted by Gasteiger charge is 2.34. The summed E-state index contributed by atoms with van der Waals surface area (Å²) in [7, 11) is 0. The van der Waals surface area contributed by atoms with Gasteiger partial charge >= 0.3 is 0 Å². The van der Waals surface area contributed by atoms with Crippen LogP contribution < -0.4 is 5.32 Å². The first-order chi connectivity index (χ1) is 10.9. The fraction of sp³-hybridized carbons (Fsp3) is 0.562. The SMILES string of the molecule is CC(Cc1ccccc1)NC(=O)C(O)C(O)C(O)C(O)CCO. The number of carbonyl (C=O) groups is 1. The second-order valence-electron chi connectivity index (χ2n) is 5.61. The molecule has 0 aliphatic heterocycles. The summed E-state index contributed by atoms with van der Waals surface area (Å²) in [5.74, 6) is -0.837. The molecule has 0 bridgehead atoms. The van der Waals surface area contributed by atoms with Crippen LogP contribution in [-0.2, 0) is 11.2 Å². The van der Waals surface area contributed by atoms with Gasteiger partial charge < -0.3 is 30.8 Å². The molecule has 0 aliphatic rings. The van der Waals surface area contributed by atoms with Crippen LogP contribution in [0.15, 0.2) is 30.3 Å². The second-order valence-corrected chi connectivity index (χ2v) is 5.61. The zero-order valence-corrected chi connectivity index (χ0v) is 13.0. The average molecular weight is 327 g/mol. The number of amides is 1. The third-order valence-corrected chi connectivity index (χ3v) is 3.53. The topological polar surface area (TPSA) is 130 Å². The Balaban J connectivity index is 2.52. The fourth-order valence-electron chi connectivity index (χ4n) is 2.22. The molecule has 23 heavy (non-hydrogen) atoms. The first kappa shape index (κ1) is 19.5. The van der Waals surface area contributed by atoms with Gasteiger partial charge in [0.05, 0.1) is 6.10 Å². The van der Waals surface area contributed by atoms with E-state index in [9.17, 15) is 25.2 Å². The van der Waals surface area contributed by atoms with E-state index in [1.165, 1.54) is 0 Å². The van der Waals surface area contributed by atoms with Crippen molar-refractivity contribution in [2.24, 2.45) is 0 Å². The van der Waals surface area contributed by atoms with Crippen LogP contribution in [0, 0.1) is 0 Å². The maximum Gasteiger partial charge on any atom is 0.251 e. The average Bonchev–Trinajstić information content (AvgIpc) is 2.53. The summed E-state index contributed by atoms with van der Waals surface area (Å²) in [5, 5.41) is 49.9. The quantitative estimate of drug-likeness (QED) is 0.329. The lowest BCUT2D eigenvalue weighted by Crippen LogP contribution is -2.52.